The predicted molar refractivity (Wildman–Crippen MR) is 133 cm³/mol. The third-order valence-corrected chi connectivity index (χ3v) is 5.44. The number of amides is 1. The SMILES string of the molecule is Cc1cccc(CNC(=O)c2nc(-c3ccc4ncccc4c3)c(-c3ccccc3)nc2N)n1. The summed E-state index contributed by atoms with van der Waals surface area (Å²) in [7, 11) is 0. The number of nitrogens with one attached hydrogen (secondary N) is 1. The average Bonchev–Trinajstić information content (AvgIpc) is 2.87. The molecule has 0 saturated carbocycles. The number of aromatic nitrogens is 4. The van der Waals surface area contributed by atoms with Gasteiger partial charge in [0.1, 0.15) is 0 Å². The average molecular weight is 447 g/mol. The molecule has 3 N–H and O–H groups in total. The Labute approximate surface area is 196 Å². The summed E-state index contributed by atoms with van der Waals surface area (Å²) in [5, 5.41) is 3.82. The predicted octanol–water partition coefficient (Wildman–Crippen LogP) is 4.57. The minimum Gasteiger partial charge on any atom is -0.382 e. The van der Waals surface area contributed by atoms with Crippen molar-refractivity contribution in [1.29, 1.82) is 0 Å². The third-order valence-electron chi connectivity index (χ3n) is 5.44. The Morgan fingerprint density at radius 2 is 1.68 bits per heavy atom. The fraction of sp³-hybridized carbons (Fsp3) is 0.0741. The normalized spacial score (nSPS) is 10.9. The molecule has 2 aromatic carbocycles. The van der Waals surface area contributed by atoms with Crippen molar-refractivity contribution in [3.05, 3.63) is 102 Å². The van der Waals surface area contributed by atoms with E-state index in [9.17, 15) is 4.79 Å². The molecule has 7 nitrogen and oxygen atoms in total. The summed E-state index contributed by atoms with van der Waals surface area (Å²) in [6.07, 6.45) is 1.76. The van der Waals surface area contributed by atoms with Crippen LogP contribution in [0, 0.1) is 6.92 Å². The zero-order chi connectivity index (χ0) is 23.5. The van der Waals surface area contributed by atoms with Crippen LogP contribution < -0.4 is 11.1 Å². The second-order valence-corrected chi connectivity index (χ2v) is 7.88. The first-order valence-electron chi connectivity index (χ1n) is 10.9. The maximum atomic E-state index is 13.0. The zero-order valence-electron chi connectivity index (χ0n) is 18.6. The van der Waals surface area contributed by atoms with Gasteiger partial charge in [0.25, 0.3) is 5.91 Å². The number of nitrogens with zero attached hydrogens (tertiary/aromatic N) is 4. The summed E-state index contributed by atoms with van der Waals surface area (Å²) in [4.78, 5) is 31.2. The van der Waals surface area contributed by atoms with Gasteiger partial charge in [0.05, 0.1) is 29.1 Å². The van der Waals surface area contributed by atoms with Gasteiger partial charge in [0.15, 0.2) is 11.5 Å². The molecule has 0 radical (unpaired) electrons. The lowest BCUT2D eigenvalue weighted by atomic mass is 10.0. The number of pyridine rings is 2. The van der Waals surface area contributed by atoms with Crippen molar-refractivity contribution in [3.8, 4) is 22.5 Å². The van der Waals surface area contributed by atoms with Gasteiger partial charge in [-0.3, -0.25) is 14.8 Å². The second kappa shape index (κ2) is 9.07. The number of carbonyl (C=O) groups excluding carboxylic acids is 1. The van der Waals surface area contributed by atoms with Crippen molar-refractivity contribution in [3.63, 3.8) is 0 Å². The molecule has 0 aliphatic carbocycles. The van der Waals surface area contributed by atoms with Gasteiger partial charge < -0.3 is 11.1 Å². The molecular weight excluding hydrogens is 424 g/mol. The van der Waals surface area contributed by atoms with E-state index in [1.54, 1.807) is 6.20 Å². The van der Waals surface area contributed by atoms with Crippen molar-refractivity contribution < 1.29 is 4.79 Å². The quantitative estimate of drug-likeness (QED) is 0.409. The Morgan fingerprint density at radius 1 is 0.853 bits per heavy atom. The molecule has 0 atom stereocenters. The molecule has 1 amide bonds. The van der Waals surface area contributed by atoms with Gasteiger partial charge >= 0.3 is 0 Å². The number of aryl methyl sites for hydroxylation is 1. The Morgan fingerprint density at radius 3 is 2.50 bits per heavy atom. The minimum atomic E-state index is -0.406. The summed E-state index contributed by atoms with van der Waals surface area (Å²) < 4.78 is 0. The molecular formula is C27H22N6O. The highest BCUT2D eigenvalue weighted by atomic mass is 16.1. The van der Waals surface area contributed by atoms with Crippen LogP contribution in [0.3, 0.4) is 0 Å². The number of nitrogen functional groups attached to an aromatic ring is 1. The van der Waals surface area contributed by atoms with Crippen LogP contribution in [-0.4, -0.2) is 25.8 Å². The van der Waals surface area contributed by atoms with Crippen molar-refractivity contribution in [1.82, 2.24) is 25.3 Å². The van der Waals surface area contributed by atoms with Crippen LogP contribution in [0.15, 0.2) is 85.1 Å². The Kier molecular flexibility index (Phi) is 5.66. The molecule has 3 aromatic heterocycles. The molecule has 34 heavy (non-hydrogen) atoms. The zero-order valence-corrected chi connectivity index (χ0v) is 18.6. The standard InChI is InChI=1S/C27H22N6O/c1-17-7-5-11-21(31-17)16-30-27(34)25-26(28)33-23(18-8-3-2-4-9-18)24(32-25)20-12-13-22-19(15-20)10-6-14-29-22/h2-15H,16H2,1H3,(H2,28,33)(H,30,34). The highest BCUT2D eigenvalue weighted by Crippen LogP contribution is 2.32. The molecule has 7 heteroatoms. The van der Waals surface area contributed by atoms with E-state index >= 15 is 0 Å². The number of hydrogen-bond acceptors (Lipinski definition) is 6. The molecule has 0 aliphatic rings. The summed E-state index contributed by atoms with van der Waals surface area (Å²) >= 11 is 0. The fourth-order valence-corrected chi connectivity index (χ4v) is 3.79. The van der Waals surface area contributed by atoms with Crippen LogP contribution in [0.1, 0.15) is 21.9 Å². The highest BCUT2D eigenvalue weighted by Gasteiger charge is 2.20. The molecule has 0 spiro atoms. The van der Waals surface area contributed by atoms with Gasteiger partial charge in [-0.15, -0.1) is 0 Å². The number of carbonyl (C=O) groups is 1. The molecule has 0 unspecified atom stereocenters. The monoisotopic (exact) mass is 446 g/mol. The molecule has 0 saturated heterocycles. The molecule has 3 heterocycles. The number of rotatable bonds is 5. The smallest absolute Gasteiger partial charge is 0.274 e. The maximum absolute atomic E-state index is 13.0. The van der Waals surface area contributed by atoms with Gasteiger partial charge in [-0.1, -0.05) is 48.5 Å². The summed E-state index contributed by atoms with van der Waals surface area (Å²) in [6, 6.07) is 25.1. The van der Waals surface area contributed by atoms with E-state index in [1.165, 1.54) is 0 Å². The summed E-state index contributed by atoms with van der Waals surface area (Å²) in [6.45, 7) is 2.17. The van der Waals surface area contributed by atoms with Crippen LogP contribution >= 0.6 is 0 Å². The van der Waals surface area contributed by atoms with Crippen LogP contribution in [0.25, 0.3) is 33.4 Å². The Bertz CT molecular complexity index is 1500. The van der Waals surface area contributed by atoms with Gasteiger partial charge in [-0.05, 0) is 37.3 Å². The van der Waals surface area contributed by atoms with Crippen molar-refractivity contribution in [2.24, 2.45) is 0 Å². The first kappa shape index (κ1) is 21.2. The van der Waals surface area contributed by atoms with Gasteiger partial charge in [0.2, 0.25) is 0 Å². The fourth-order valence-electron chi connectivity index (χ4n) is 3.79. The van der Waals surface area contributed by atoms with Gasteiger partial charge in [-0.2, -0.15) is 0 Å². The van der Waals surface area contributed by atoms with Crippen LogP contribution in [-0.2, 0) is 6.54 Å². The lowest BCUT2D eigenvalue weighted by Gasteiger charge is -2.13. The van der Waals surface area contributed by atoms with Gasteiger partial charge in [0, 0.05) is 28.4 Å². The number of fused-ring (bicyclic) bond motifs is 1. The molecule has 0 fully saturated rings. The largest absolute Gasteiger partial charge is 0.382 e. The van der Waals surface area contributed by atoms with E-state index in [-0.39, 0.29) is 18.1 Å². The topological polar surface area (TPSA) is 107 Å². The maximum Gasteiger partial charge on any atom is 0.274 e. The van der Waals surface area contributed by atoms with Crippen LogP contribution in [0.4, 0.5) is 5.82 Å². The molecule has 5 rings (SSSR count). The Balaban J connectivity index is 1.57. The van der Waals surface area contributed by atoms with Crippen LogP contribution in [0.2, 0.25) is 0 Å². The van der Waals surface area contributed by atoms with E-state index < -0.39 is 5.91 Å². The van der Waals surface area contributed by atoms with E-state index in [0.717, 1.165) is 33.4 Å². The Hall–Kier alpha value is -4.65. The first-order chi connectivity index (χ1) is 16.6. The van der Waals surface area contributed by atoms with Crippen molar-refractivity contribution in [2.45, 2.75) is 13.5 Å². The van der Waals surface area contributed by atoms with Crippen molar-refractivity contribution >= 4 is 22.6 Å². The van der Waals surface area contributed by atoms with E-state index in [2.05, 4.69) is 20.3 Å². The van der Waals surface area contributed by atoms with Crippen molar-refractivity contribution in [2.75, 3.05) is 5.73 Å². The highest BCUT2D eigenvalue weighted by molar-refractivity contribution is 5.98. The minimum absolute atomic E-state index is 0.0692. The molecule has 5 aromatic rings. The van der Waals surface area contributed by atoms with E-state index in [4.69, 9.17) is 10.7 Å². The van der Waals surface area contributed by atoms with Gasteiger partial charge in [-0.25, -0.2) is 9.97 Å². The summed E-state index contributed by atoms with van der Waals surface area (Å²) in [5.41, 5.74) is 11.7. The van der Waals surface area contributed by atoms with E-state index in [0.29, 0.717) is 11.4 Å². The number of benzene rings is 2. The third kappa shape index (κ3) is 4.31. The number of nitrogens with two attached hydrogens (primary N) is 1. The second-order valence-electron chi connectivity index (χ2n) is 7.88. The lowest BCUT2D eigenvalue weighted by molar-refractivity contribution is 0.0946. The van der Waals surface area contributed by atoms with E-state index in [1.807, 2.05) is 85.8 Å². The van der Waals surface area contributed by atoms with Crippen LogP contribution in [0.5, 0.6) is 0 Å². The first-order valence-corrected chi connectivity index (χ1v) is 10.9. The number of hydrogen-bond donors (Lipinski definition) is 2. The lowest BCUT2D eigenvalue weighted by Crippen LogP contribution is -2.26. The molecule has 0 bridgehead atoms. The number of anilines is 1. The summed E-state index contributed by atoms with van der Waals surface area (Å²) in [5.74, 6) is -0.337. The molecule has 166 valence electrons. The molecule has 0 aliphatic heterocycles.